The van der Waals surface area contributed by atoms with E-state index < -0.39 is 0 Å². The van der Waals surface area contributed by atoms with Crippen molar-refractivity contribution in [3.05, 3.63) is 16.7 Å². The molecule has 21 heavy (non-hydrogen) atoms. The molecule has 116 valence electrons. The van der Waals surface area contributed by atoms with Crippen LogP contribution < -0.4 is 17.0 Å². The molecule has 0 aliphatic carbocycles. The van der Waals surface area contributed by atoms with Crippen molar-refractivity contribution in [2.75, 3.05) is 12.3 Å². The first-order valence-corrected chi connectivity index (χ1v) is 6.88. The van der Waals surface area contributed by atoms with Crippen LogP contribution in [0.1, 0.15) is 27.2 Å². The lowest BCUT2D eigenvalue weighted by atomic mass is 9.87. The largest absolute Gasteiger partial charge is 0.369 e. The second-order valence-corrected chi connectivity index (χ2v) is 5.79. The van der Waals surface area contributed by atoms with Crippen LogP contribution in [0.2, 0.25) is 0 Å². The first kappa shape index (κ1) is 15.5. The monoisotopic (exact) mass is 294 g/mol. The van der Waals surface area contributed by atoms with Crippen LogP contribution in [0.25, 0.3) is 11.2 Å². The Balaban J connectivity index is 2.00. The fourth-order valence-electron chi connectivity index (χ4n) is 1.81. The second-order valence-electron chi connectivity index (χ2n) is 5.79. The number of H-pyrrole nitrogens is 1. The summed E-state index contributed by atoms with van der Waals surface area (Å²) in [5.74, 6) is 0.429. The Morgan fingerprint density at radius 1 is 1.52 bits per heavy atom. The molecule has 8 nitrogen and oxygen atoms in total. The van der Waals surface area contributed by atoms with Gasteiger partial charge in [0.25, 0.3) is 5.56 Å². The molecule has 0 aromatic carbocycles. The van der Waals surface area contributed by atoms with Crippen molar-refractivity contribution in [3.8, 4) is 0 Å². The third-order valence-corrected chi connectivity index (χ3v) is 3.83. The molecule has 0 bridgehead atoms. The number of nitrogens with two attached hydrogens (primary N) is 2. The van der Waals surface area contributed by atoms with Gasteiger partial charge in [-0.2, -0.15) is 4.98 Å². The Morgan fingerprint density at radius 2 is 2.24 bits per heavy atom. The van der Waals surface area contributed by atoms with E-state index in [0.29, 0.717) is 18.2 Å². The zero-order chi connectivity index (χ0) is 15.6. The van der Waals surface area contributed by atoms with Crippen LogP contribution in [0.3, 0.4) is 0 Å². The van der Waals surface area contributed by atoms with E-state index in [2.05, 4.69) is 28.8 Å². The molecule has 0 radical (unpaired) electrons. The maximum absolute atomic E-state index is 11.6. The van der Waals surface area contributed by atoms with Crippen molar-refractivity contribution in [1.29, 1.82) is 0 Å². The third-order valence-electron chi connectivity index (χ3n) is 3.83. The molecule has 2 heterocycles. The van der Waals surface area contributed by atoms with E-state index in [1.54, 1.807) is 4.57 Å². The summed E-state index contributed by atoms with van der Waals surface area (Å²) in [7, 11) is 0. The lowest BCUT2D eigenvalue weighted by Gasteiger charge is -2.28. The summed E-state index contributed by atoms with van der Waals surface area (Å²) in [6, 6.07) is 0. The number of aromatic amines is 1. The van der Waals surface area contributed by atoms with Crippen molar-refractivity contribution in [1.82, 2.24) is 19.5 Å². The second kappa shape index (κ2) is 5.82. The van der Waals surface area contributed by atoms with Gasteiger partial charge in [0.15, 0.2) is 11.2 Å². The SMILES string of the molecule is CC(C)[C@@](C)(N)CCOCn1cnc2c(=O)[nH]c(N)nc21. The average molecular weight is 294 g/mol. The third kappa shape index (κ3) is 3.40. The van der Waals surface area contributed by atoms with Gasteiger partial charge in [0, 0.05) is 5.54 Å². The highest BCUT2D eigenvalue weighted by Crippen LogP contribution is 2.17. The van der Waals surface area contributed by atoms with Gasteiger partial charge < -0.3 is 16.2 Å². The summed E-state index contributed by atoms with van der Waals surface area (Å²) >= 11 is 0. The van der Waals surface area contributed by atoms with Crippen molar-refractivity contribution >= 4 is 17.1 Å². The van der Waals surface area contributed by atoms with Crippen molar-refractivity contribution < 1.29 is 4.74 Å². The van der Waals surface area contributed by atoms with Crippen LogP contribution in [0.15, 0.2) is 11.1 Å². The summed E-state index contributed by atoms with van der Waals surface area (Å²) in [4.78, 5) is 22.1. The molecule has 2 rings (SSSR count). The van der Waals surface area contributed by atoms with Crippen LogP contribution in [-0.2, 0) is 11.5 Å². The molecule has 0 saturated heterocycles. The Labute approximate surface area is 122 Å². The molecule has 2 aromatic rings. The molecule has 0 unspecified atom stereocenters. The molecule has 0 aliphatic heterocycles. The summed E-state index contributed by atoms with van der Waals surface area (Å²) in [5, 5.41) is 0. The zero-order valence-electron chi connectivity index (χ0n) is 12.6. The van der Waals surface area contributed by atoms with Crippen molar-refractivity contribution in [2.24, 2.45) is 11.7 Å². The van der Waals surface area contributed by atoms with Gasteiger partial charge in [0.05, 0.1) is 12.9 Å². The first-order valence-electron chi connectivity index (χ1n) is 6.88. The Morgan fingerprint density at radius 3 is 2.90 bits per heavy atom. The lowest BCUT2D eigenvalue weighted by Crippen LogP contribution is -2.42. The number of hydrogen-bond acceptors (Lipinski definition) is 6. The van der Waals surface area contributed by atoms with Gasteiger partial charge in [0.2, 0.25) is 5.95 Å². The number of nitrogens with zero attached hydrogens (tertiary/aromatic N) is 3. The number of nitrogens with one attached hydrogen (secondary N) is 1. The van der Waals surface area contributed by atoms with E-state index in [-0.39, 0.29) is 29.3 Å². The van der Waals surface area contributed by atoms with Gasteiger partial charge in [0.1, 0.15) is 6.73 Å². The number of aromatic nitrogens is 4. The van der Waals surface area contributed by atoms with Gasteiger partial charge in [-0.05, 0) is 19.3 Å². The summed E-state index contributed by atoms with van der Waals surface area (Å²) in [5.41, 5.74) is 11.7. The minimum atomic E-state index is -0.356. The Bertz CT molecular complexity index is 673. The quantitative estimate of drug-likeness (QED) is 0.664. The minimum absolute atomic E-state index is 0.0589. The Hall–Kier alpha value is -1.93. The standard InChI is InChI=1S/C13H22N6O2/c1-8(2)13(3,15)4-5-21-7-19-6-16-9-10(19)17-12(14)18-11(9)20/h6,8H,4-5,7,15H2,1-3H3,(H3,14,17,18,20)/t13-/m0/s1. The van der Waals surface area contributed by atoms with Crippen LogP contribution in [0.4, 0.5) is 5.95 Å². The fraction of sp³-hybridized carbons (Fsp3) is 0.615. The van der Waals surface area contributed by atoms with Crippen LogP contribution in [0, 0.1) is 5.92 Å². The lowest BCUT2D eigenvalue weighted by molar-refractivity contribution is 0.0614. The van der Waals surface area contributed by atoms with Gasteiger partial charge >= 0.3 is 0 Å². The molecule has 1 atom stereocenters. The van der Waals surface area contributed by atoms with Crippen molar-refractivity contribution in [3.63, 3.8) is 0 Å². The molecule has 0 spiro atoms. The molecule has 2 aromatic heterocycles. The predicted octanol–water partition coefficient (Wildman–Crippen LogP) is 0.439. The minimum Gasteiger partial charge on any atom is -0.369 e. The molecule has 0 aliphatic rings. The number of imidazole rings is 1. The van der Waals surface area contributed by atoms with E-state index in [1.807, 2.05) is 6.92 Å². The molecule has 0 amide bonds. The summed E-state index contributed by atoms with van der Waals surface area (Å²) < 4.78 is 7.24. The number of hydrogen-bond donors (Lipinski definition) is 3. The molecule has 0 fully saturated rings. The molecular weight excluding hydrogens is 272 g/mol. The average Bonchev–Trinajstić information content (AvgIpc) is 2.78. The van der Waals surface area contributed by atoms with E-state index in [9.17, 15) is 4.79 Å². The van der Waals surface area contributed by atoms with Crippen molar-refractivity contribution in [2.45, 2.75) is 39.5 Å². The highest BCUT2D eigenvalue weighted by Gasteiger charge is 2.22. The number of ether oxygens (including phenoxy) is 1. The topological polar surface area (TPSA) is 125 Å². The van der Waals surface area contributed by atoms with Crippen LogP contribution in [0.5, 0.6) is 0 Å². The van der Waals surface area contributed by atoms with E-state index in [1.165, 1.54) is 6.33 Å². The van der Waals surface area contributed by atoms with Gasteiger partial charge in [-0.15, -0.1) is 0 Å². The molecule has 8 heteroatoms. The highest BCUT2D eigenvalue weighted by atomic mass is 16.5. The number of anilines is 1. The van der Waals surface area contributed by atoms with E-state index in [4.69, 9.17) is 16.2 Å². The van der Waals surface area contributed by atoms with E-state index >= 15 is 0 Å². The number of nitrogen functional groups attached to an aromatic ring is 1. The number of fused-ring (bicyclic) bond motifs is 1. The predicted molar refractivity (Wildman–Crippen MR) is 80.6 cm³/mol. The smallest absolute Gasteiger partial charge is 0.280 e. The van der Waals surface area contributed by atoms with Crippen LogP contribution >= 0.6 is 0 Å². The fourth-order valence-corrected chi connectivity index (χ4v) is 1.81. The van der Waals surface area contributed by atoms with E-state index in [0.717, 1.165) is 6.42 Å². The summed E-state index contributed by atoms with van der Waals surface area (Å²) in [6.45, 7) is 6.95. The molecular formula is C13H22N6O2. The maximum atomic E-state index is 11.6. The first-order chi connectivity index (χ1) is 9.81. The normalized spacial score (nSPS) is 14.7. The maximum Gasteiger partial charge on any atom is 0.280 e. The number of rotatable bonds is 6. The van der Waals surface area contributed by atoms with Gasteiger partial charge in [-0.3, -0.25) is 14.3 Å². The van der Waals surface area contributed by atoms with Gasteiger partial charge in [-0.1, -0.05) is 13.8 Å². The highest BCUT2D eigenvalue weighted by molar-refractivity contribution is 5.70. The molecule has 0 saturated carbocycles. The summed E-state index contributed by atoms with van der Waals surface area (Å²) in [6.07, 6.45) is 2.25. The Kier molecular flexibility index (Phi) is 4.29. The van der Waals surface area contributed by atoms with Crippen LogP contribution in [-0.4, -0.2) is 31.7 Å². The molecule has 5 N–H and O–H groups in total. The van der Waals surface area contributed by atoms with Gasteiger partial charge in [-0.25, -0.2) is 4.98 Å². The zero-order valence-corrected chi connectivity index (χ0v) is 12.6.